The molecule has 0 aliphatic heterocycles. The van der Waals surface area contributed by atoms with Gasteiger partial charge in [0.05, 0.1) is 16.4 Å². The van der Waals surface area contributed by atoms with Crippen molar-refractivity contribution in [3.8, 4) is 5.69 Å². The number of hydrogen-bond donors (Lipinski definition) is 0. The minimum Gasteiger partial charge on any atom is -0.206 e. The summed E-state index contributed by atoms with van der Waals surface area (Å²) in [5.74, 6) is -0.438. The lowest BCUT2D eigenvalue weighted by atomic mass is 10.3. The Morgan fingerprint density at radius 1 is 1.43 bits per heavy atom. The second-order valence-electron chi connectivity index (χ2n) is 2.67. The Balaban J connectivity index is 2.55. The van der Waals surface area contributed by atoms with Gasteiger partial charge in [-0.15, -0.1) is 0 Å². The van der Waals surface area contributed by atoms with Crippen molar-refractivity contribution in [1.82, 2.24) is 9.78 Å². The lowest BCUT2D eigenvalue weighted by molar-refractivity contribution is 0.532. The molecule has 0 unspecified atom stereocenters. The van der Waals surface area contributed by atoms with Crippen molar-refractivity contribution in [2.45, 2.75) is 0 Å². The zero-order valence-corrected chi connectivity index (χ0v) is 9.26. The van der Waals surface area contributed by atoms with Gasteiger partial charge >= 0.3 is 0 Å². The van der Waals surface area contributed by atoms with Crippen LogP contribution >= 0.6 is 27.5 Å². The van der Waals surface area contributed by atoms with Crippen LogP contribution in [0.4, 0.5) is 4.39 Å². The van der Waals surface area contributed by atoms with Crippen molar-refractivity contribution in [2.24, 2.45) is 0 Å². The largest absolute Gasteiger partial charge is 0.230 e. The Morgan fingerprint density at radius 3 is 2.79 bits per heavy atom. The fraction of sp³-hybridized carbons (Fsp3) is 0. The molecule has 5 heteroatoms. The van der Waals surface area contributed by atoms with Gasteiger partial charge in [0.1, 0.15) is 0 Å². The number of nitrogens with zero attached hydrogens (tertiary/aromatic N) is 2. The zero-order valence-electron chi connectivity index (χ0n) is 6.92. The molecule has 1 aromatic carbocycles. The number of hydrogen-bond acceptors (Lipinski definition) is 1. The van der Waals surface area contributed by atoms with E-state index in [4.69, 9.17) is 11.6 Å². The topological polar surface area (TPSA) is 17.8 Å². The molecule has 0 N–H and O–H groups in total. The van der Waals surface area contributed by atoms with Crippen LogP contribution in [-0.4, -0.2) is 9.78 Å². The monoisotopic (exact) mass is 274 g/mol. The van der Waals surface area contributed by atoms with Gasteiger partial charge in [-0.3, -0.25) is 0 Å². The van der Waals surface area contributed by atoms with Gasteiger partial charge in [0.25, 0.3) is 0 Å². The molecule has 0 fully saturated rings. The summed E-state index contributed by atoms with van der Waals surface area (Å²) in [6.45, 7) is 0. The Hall–Kier alpha value is -0.870. The average Bonchev–Trinajstić information content (AvgIpc) is 2.48. The maximum atomic E-state index is 13.4. The van der Waals surface area contributed by atoms with Gasteiger partial charge in [-0.25, -0.2) is 4.68 Å². The minimum absolute atomic E-state index is 0.331. The van der Waals surface area contributed by atoms with Crippen LogP contribution in [0.5, 0.6) is 0 Å². The maximum absolute atomic E-state index is 13.4. The highest BCUT2D eigenvalue weighted by molar-refractivity contribution is 9.10. The van der Waals surface area contributed by atoms with Gasteiger partial charge in [0.2, 0.25) is 5.95 Å². The van der Waals surface area contributed by atoms with Gasteiger partial charge in [0.15, 0.2) is 0 Å². The summed E-state index contributed by atoms with van der Waals surface area (Å²) in [4.78, 5) is 0. The predicted molar refractivity (Wildman–Crippen MR) is 56.2 cm³/mol. The van der Waals surface area contributed by atoms with Crippen LogP contribution in [-0.2, 0) is 0 Å². The Labute approximate surface area is 93.4 Å². The number of benzene rings is 1. The molecule has 1 heterocycles. The summed E-state index contributed by atoms with van der Waals surface area (Å²) >= 11 is 8.82. The molecule has 0 saturated heterocycles. The number of rotatable bonds is 1. The third-order valence-electron chi connectivity index (χ3n) is 1.72. The van der Waals surface area contributed by atoms with E-state index < -0.39 is 5.95 Å². The van der Waals surface area contributed by atoms with Crippen LogP contribution in [0.2, 0.25) is 5.02 Å². The smallest absolute Gasteiger partial charge is 0.206 e. The molecule has 72 valence electrons. The molecule has 1 aromatic heterocycles. The van der Waals surface area contributed by atoms with E-state index in [1.807, 2.05) is 0 Å². The first-order valence-corrected chi connectivity index (χ1v) is 5.00. The second kappa shape index (κ2) is 3.71. The molecule has 0 radical (unpaired) electrons. The van der Waals surface area contributed by atoms with E-state index in [2.05, 4.69) is 21.0 Å². The standard InChI is InChI=1S/C9H5BrClFN2/c10-8-5-13-14(9(8)12)7-3-1-2-6(11)4-7/h1-5H. The van der Waals surface area contributed by atoms with Crippen molar-refractivity contribution in [1.29, 1.82) is 0 Å². The third kappa shape index (κ3) is 1.67. The summed E-state index contributed by atoms with van der Waals surface area (Å²) in [6.07, 6.45) is 1.40. The van der Waals surface area contributed by atoms with E-state index in [1.54, 1.807) is 24.3 Å². The molecule has 0 aliphatic carbocycles. The van der Waals surface area contributed by atoms with Crippen LogP contribution in [0.15, 0.2) is 34.9 Å². The normalized spacial score (nSPS) is 10.5. The molecule has 0 bridgehead atoms. The van der Waals surface area contributed by atoms with Crippen molar-refractivity contribution in [2.75, 3.05) is 0 Å². The van der Waals surface area contributed by atoms with Crippen LogP contribution in [0, 0.1) is 5.95 Å². The van der Waals surface area contributed by atoms with Crippen LogP contribution in [0.1, 0.15) is 0 Å². The zero-order chi connectivity index (χ0) is 10.1. The molecule has 0 saturated carbocycles. The molecule has 14 heavy (non-hydrogen) atoms. The lowest BCUT2D eigenvalue weighted by Crippen LogP contribution is -1.98. The second-order valence-corrected chi connectivity index (χ2v) is 3.97. The molecule has 2 rings (SSSR count). The Bertz CT molecular complexity index is 470. The number of halogens is 3. The summed E-state index contributed by atoms with van der Waals surface area (Å²) in [5.41, 5.74) is 0.598. The maximum Gasteiger partial charge on any atom is 0.230 e. The van der Waals surface area contributed by atoms with Gasteiger partial charge in [-0.1, -0.05) is 17.7 Å². The van der Waals surface area contributed by atoms with E-state index in [-0.39, 0.29) is 0 Å². The van der Waals surface area contributed by atoms with Crippen molar-refractivity contribution >= 4 is 27.5 Å². The van der Waals surface area contributed by atoms with Gasteiger partial charge in [-0.2, -0.15) is 9.49 Å². The van der Waals surface area contributed by atoms with Gasteiger partial charge < -0.3 is 0 Å². The van der Waals surface area contributed by atoms with E-state index in [9.17, 15) is 4.39 Å². The molecule has 2 nitrogen and oxygen atoms in total. The molecular weight excluding hydrogens is 270 g/mol. The molecular formula is C9H5BrClFN2. The Morgan fingerprint density at radius 2 is 2.21 bits per heavy atom. The van der Waals surface area contributed by atoms with Crippen LogP contribution in [0.25, 0.3) is 5.69 Å². The number of aromatic nitrogens is 2. The SMILES string of the molecule is Fc1c(Br)cnn1-c1cccc(Cl)c1. The summed E-state index contributed by atoms with van der Waals surface area (Å²) in [7, 11) is 0. The first-order chi connectivity index (χ1) is 6.68. The first-order valence-electron chi connectivity index (χ1n) is 3.83. The fourth-order valence-corrected chi connectivity index (χ4v) is 1.55. The van der Waals surface area contributed by atoms with Crippen molar-refractivity contribution in [3.05, 3.63) is 45.9 Å². The highest BCUT2D eigenvalue weighted by atomic mass is 79.9. The van der Waals surface area contributed by atoms with Crippen molar-refractivity contribution in [3.63, 3.8) is 0 Å². The van der Waals surface area contributed by atoms with E-state index >= 15 is 0 Å². The predicted octanol–water partition coefficient (Wildman–Crippen LogP) is 3.43. The summed E-state index contributed by atoms with van der Waals surface area (Å²) in [5, 5.41) is 4.41. The third-order valence-corrected chi connectivity index (χ3v) is 2.49. The average molecular weight is 276 g/mol. The van der Waals surface area contributed by atoms with Crippen LogP contribution in [0.3, 0.4) is 0 Å². The van der Waals surface area contributed by atoms with E-state index in [1.165, 1.54) is 10.9 Å². The molecule has 0 aliphatic rings. The first kappa shape index (κ1) is 9.68. The molecule has 0 spiro atoms. The quantitative estimate of drug-likeness (QED) is 0.780. The summed E-state index contributed by atoms with van der Waals surface area (Å²) in [6, 6.07) is 6.84. The Kier molecular flexibility index (Phi) is 2.56. The lowest BCUT2D eigenvalue weighted by Gasteiger charge is -2.01. The highest BCUT2D eigenvalue weighted by Gasteiger charge is 2.09. The summed E-state index contributed by atoms with van der Waals surface area (Å²) < 4.78 is 14.9. The molecule has 2 aromatic rings. The van der Waals surface area contributed by atoms with E-state index in [0.29, 0.717) is 15.2 Å². The highest BCUT2D eigenvalue weighted by Crippen LogP contribution is 2.19. The fourth-order valence-electron chi connectivity index (χ4n) is 1.10. The van der Waals surface area contributed by atoms with Crippen LogP contribution < -0.4 is 0 Å². The van der Waals surface area contributed by atoms with Gasteiger partial charge in [-0.05, 0) is 34.1 Å². The van der Waals surface area contributed by atoms with Gasteiger partial charge in [0, 0.05) is 5.02 Å². The van der Waals surface area contributed by atoms with Crippen molar-refractivity contribution < 1.29 is 4.39 Å². The molecule has 0 atom stereocenters. The molecule has 0 amide bonds. The van der Waals surface area contributed by atoms with E-state index in [0.717, 1.165) is 0 Å². The minimum atomic E-state index is -0.438.